The molecule has 0 spiro atoms. The Balaban J connectivity index is 0.659. The Morgan fingerprint density at radius 3 is 1.71 bits per heavy atom. The van der Waals surface area contributed by atoms with Crippen molar-refractivity contribution >= 4 is 82.0 Å². The number of carbonyl (C=O) groups excluding carboxylic acids is 7. The zero-order chi connectivity index (χ0) is 62.9. The maximum Gasteiger partial charge on any atom is 0.296 e. The van der Waals surface area contributed by atoms with Crippen molar-refractivity contribution in [2.45, 2.75) is 89.9 Å². The van der Waals surface area contributed by atoms with E-state index in [-0.39, 0.29) is 67.7 Å². The number of nitrogens with one attached hydrogen (secondary N) is 3. The molecule has 5 aromatic carbocycles. The summed E-state index contributed by atoms with van der Waals surface area (Å²) in [5.41, 5.74) is 6.29. The molecule has 3 N–H and O–H groups in total. The highest BCUT2D eigenvalue weighted by Gasteiger charge is 2.37. The second kappa shape index (κ2) is 27.4. The van der Waals surface area contributed by atoms with Crippen LogP contribution in [0.5, 0.6) is 34.5 Å². The van der Waals surface area contributed by atoms with Gasteiger partial charge in [-0.15, -0.1) is 0 Å². The van der Waals surface area contributed by atoms with Crippen molar-refractivity contribution in [3.8, 4) is 40.6 Å². The van der Waals surface area contributed by atoms with Gasteiger partial charge in [-0.2, -0.15) is 5.26 Å². The number of ether oxygens (including phenoxy) is 6. The van der Waals surface area contributed by atoms with Gasteiger partial charge in [0.25, 0.3) is 23.6 Å². The summed E-state index contributed by atoms with van der Waals surface area (Å²) in [6.45, 7) is 5.73. The van der Waals surface area contributed by atoms with Crippen LogP contribution in [0.25, 0.3) is 11.1 Å². The Kier molecular flexibility index (Phi) is 19.0. The van der Waals surface area contributed by atoms with Crippen LogP contribution in [-0.2, 0) is 24.0 Å². The van der Waals surface area contributed by atoms with E-state index in [1.54, 1.807) is 105 Å². The molecule has 0 aromatic heterocycles. The summed E-state index contributed by atoms with van der Waals surface area (Å²) in [6.07, 6.45) is 11.4. The summed E-state index contributed by atoms with van der Waals surface area (Å²) in [6, 6.07) is 27.2. The SMILES string of the molecule is COc1ccc(C2=CN3C(=O)c4cc(OC)c(OCCCOc5cc6c(cc5OC)C(=O)N5C=C(c7ccc(NC(=O)[C@H](C)NC(=O)[C@@H](NC(=O)CCCCCN8C(=O)C=C(Oc9ccc(C#N)cc9)C8=O)C(C)C)cc7)C[C@H]5C=N6)cc4N=C[C@@H]3C2)cc1. The Morgan fingerprint density at radius 2 is 1.18 bits per heavy atom. The summed E-state index contributed by atoms with van der Waals surface area (Å²) in [7, 11) is 4.64. The fourth-order valence-electron chi connectivity index (χ4n) is 10.8. The molecule has 22 heteroatoms. The van der Waals surface area contributed by atoms with Crippen LogP contribution in [0, 0.1) is 17.2 Å². The number of unbranched alkanes of at least 4 members (excludes halogenated alkanes) is 2. The van der Waals surface area contributed by atoms with Crippen LogP contribution in [-0.4, -0.2) is 134 Å². The fourth-order valence-corrected chi connectivity index (χ4v) is 10.8. The van der Waals surface area contributed by atoms with Crippen molar-refractivity contribution in [1.82, 2.24) is 25.3 Å². The highest BCUT2D eigenvalue weighted by Crippen LogP contribution is 2.42. The molecule has 7 amide bonds. The summed E-state index contributed by atoms with van der Waals surface area (Å²) in [5.74, 6) is -0.640. The number of methoxy groups -OCH3 is 3. The average Bonchev–Trinajstić information content (AvgIpc) is 1.88. The second-order valence-electron chi connectivity index (χ2n) is 22.1. The van der Waals surface area contributed by atoms with Gasteiger partial charge in [-0.05, 0) is 109 Å². The van der Waals surface area contributed by atoms with Gasteiger partial charge in [-0.1, -0.05) is 44.5 Å². The molecule has 0 radical (unpaired) electrons. The molecular weight excluding hydrogens is 1140 g/mol. The predicted molar refractivity (Wildman–Crippen MR) is 330 cm³/mol. The van der Waals surface area contributed by atoms with E-state index < -0.39 is 35.7 Å². The van der Waals surface area contributed by atoms with E-state index in [0.717, 1.165) is 39.0 Å². The van der Waals surface area contributed by atoms with Crippen LogP contribution < -0.4 is 44.4 Å². The van der Waals surface area contributed by atoms with Crippen molar-refractivity contribution in [2.24, 2.45) is 15.9 Å². The number of imide groups is 1. The first-order chi connectivity index (χ1) is 43.0. The summed E-state index contributed by atoms with van der Waals surface area (Å²) in [4.78, 5) is 107. The zero-order valence-corrected chi connectivity index (χ0v) is 50.1. The first-order valence-electron chi connectivity index (χ1n) is 29.3. The summed E-state index contributed by atoms with van der Waals surface area (Å²) >= 11 is 0. The molecule has 0 bridgehead atoms. The number of amides is 7. The number of nitrogens with zero attached hydrogens (tertiary/aromatic N) is 6. The van der Waals surface area contributed by atoms with E-state index in [9.17, 15) is 33.6 Å². The van der Waals surface area contributed by atoms with E-state index in [2.05, 4.69) is 16.0 Å². The quantitative estimate of drug-likeness (QED) is 0.0364. The minimum atomic E-state index is -0.958. The highest BCUT2D eigenvalue weighted by molar-refractivity contribution is 6.15. The number of benzene rings is 5. The van der Waals surface area contributed by atoms with Gasteiger partial charge in [0.05, 0.1) is 86.8 Å². The molecule has 0 aliphatic carbocycles. The first kappa shape index (κ1) is 61.5. The molecule has 0 saturated heterocycles. The standard InChI is InChI=1S/C67H67N9O13/c1-39(2)62(73-60(77)11-8-7-9-24-74-61(78)33-59(67(74)83)89-50-20-12-41(34-68)13-21-50)64(80)71-40(3)63(79)72-46-18-14-42(15-19-46)44-27-47-35-69-53-31-57(55(85-5)29-51(53)65(81)75(47)37-44)87-25-10-26-88-58-32-54-52(30-56(58)86-6)66(82)76-38-45(28-48(76)36-70-54)43-16-22-49(84-4)23-17-43/h12-23,29-33,35-40,47-48,62H,7-11,24-28H2,1-6H3,(H,71,80)(H,72,79)(H,73,77)/t40-,47-,48-,62-/m0/s1. The van der Waals surface area contributed by atoms with E-state index in [4.69, 9.17) is 43.7 Å². The maximum atomic E-state index is 14.2. The molecule has 5 heterocycles. The molecule has 10 rings (SSSR count). The molecule has 22 nitrogen and oxygen atoms in total. The van der Waals surface area contributed by atoms with Crippen molar-refractivity contribution in [3.63, 3.8) is 0 Å². The van der Waals surface area contributed by atoms with Crippen molar-refractivity contribution < 1.29 is 62.0 Å². The lowest BCUT2D eigenvalue weighted by atomic mass is 10.0. The highest BCUT2D eigenvalue weighted by atomic mass is 16.5. The third-order valence-corrected chi connectivity index (χ3v) is 15.7. The third kappa shape index (κ3) is 14.0. The van der Waals surface area contributed by atoms with Crippen LogP contribution in [0.2, 0.25) is 0 Å². The van der Waals surface area contributed by atoms with Gasteiger partial charge in [0, 0.05) is 74.9 Å². The molecule has 5 aliphatic heterocycles. The van der Waals surface area contributed by atoms with E-state index in [1.807, 2.05) is 48.7 Å². The number of anilines is 1. The number of fused-ring (bicyclic) bond motifs is 4. The molecular formula is C67H67N9O13. The number of aliphatic imine (C=N–C) groups is 2. The minimum Gasteiger partial charge on any atom is -0.497 e. The van der Waals surface area contributed by atoms with Crippen LogP contribution >= 0.6 is 0 Å². The van der Waals surface area contributed by atoms with Gasteiger partial charge in [-0.3, -0.25) is 48.4 Å². The molecule has 0 unspecified atom stereocenters. The van der Waals surface area contributed by atoms with Crippen molar-refractivity contribution in [1.29, 1.82) is 5.26 Å². The number of hydrogen-bond acceptors (Lipinski definition) is 16. The molecule has 5 aromatic rings. The van der Waals surface area contributed by atoms with Gasteiger partial charge in [0.2, 0.25) is 17.7 Å². The smallest absolute Gasteiger partial charge is 0.296 e. The van der Waals surface area contributed by atoms with Gasteiger partial charge in [0.15, 0.2) is 28.8 Å². The van der Waals surface area contributed by atoms with E-state index in [1.165, 1.54) is 26.4 Å². The zero-order valence-electron chi connectivity index (χ0n) is 50.1. The Labute approximate surface area is 514 Å². The van der Waals surface area contributed by atoms with Gasteiger partial charge >= 0.3 is 0 Å². The predicted octanol–water partition coefficient (Wildman–Crippen LogP) is 8.85. The van der Waals surface area contributed by atoms with Gasteiger partial charge < -0.3 is 54.2 Å². The van der Waals surface area contributed by atoms with E-state index >= 15 is 0 Å². The maximum absolute atomic E-state index is 14.2. The van der Waals surface area contributed by atoms with Crippen LogP contribution in [0.15, 0.2) is 131 Å². The Morgan fingerprint density at radius 1 is 0.629 bits per heavy atom. The van der Waals surface area contributed by atoms with Gasteiger partial charge in [-0.25, -0.2) is 0 Å². The largest absolute Gasteiger partial charge is 0.497 e. The number of rotatable bonds is 25. The molecule has 4 atom stereocenters. The first-order valence-corrected chi connectivity index (χ1v) is 29.3. The third-order valence-electron chi connectivity index (χ3n) is 15.7. The van der Waals surface area contributed by atoms with Crippen molar-refractivity contribution in [2.75, 3.05) is 46.4 Å². The summed E-state index contributed by atoms with van der Waals surface area (Å²) < 4.78 is 34.6. The van der Waals surface area contributed by atoms with Crippen LogP contribution in [0.3, 0.4) is 0 Å². The lowest BCUT2D eigenvalue weighted by Crippen LogP contribution is -2.53. The molecule has 0 saturated carbocycles. The lowest BCUT2D eigenvalue weighted by molar-refractivity contribution is -0.138. The minimum absolute atomic E-state index is 0.100. The summed E-state index contributed by atoms with van der Waals surface area (Å²) in [5, 5.41) is 17.3. The van der Waals surface area contributed by atoms with Gasteiger partial charge in [0.1, 0.15) is 23.6 Å². The molecule has 5 aliphatic rings. The molecule has 89 heavy (non-hydrogen) atoms. The number of nitriles is 1. The van der Waals surface area contributed by atoms with Crippen LogP contribution in [0.1, 0.15) is 103 Å². The second-order valence-corrected chi connectivity index (χ2v) is 22.1. The van der Waals surface area contributed by atoms with Crippen LogP contribution in [0.4, 0.5) is 17.1 Å². The lowest BCUT2D eigenvalue weighted by Gasteiger charge is -2.24. The number of carbonyl (C=O) groups is 7. The normalized spacial score (nSPS) is 17.0. The monoisotopic (exact) mass is 1210 g/mol. The Hall–Kier alpha value is -10.6. The molecule has 0 fully saturated rings. The molecule has 458 valence electrons. The Bertz CT molecular complexity index is 3790. The average molecular weight is 1210 g/mol. The van der Waals surface area contributed by atoms with Crippen molar-refractivity contribution in [3.05, 3.63) is 149 Å². The number of hydrogen-bond donors (Lipinski definition) is 3. The fraction of sp³-hybridized carbons (Fsp3) is 0.313. The topological polar surface area (TPSA) is 269 Å². The van der Waals surface area contributed by atoms with E-state index in [0.29, 0.717) is 101 Å².